The molecule has 56 valence electrons. The Labute approximate surface area is 63.8 Å². The third kappa shape index (κ3) is 0.888. The molecule has 1 aliphatic heterocycles. The van der Waals surface area contributed by atoms with Crippen molar-refractivity contribution in [3.05, 3.63) is 28.2 Å². The van der Waals surface area contributed by atoms with E-state index < -0.39 is 0 Å². The summed E-state index contributed by atoms with van der Waals surface area (Å²) in [4.78, 5) is 17.7. The van der Waals surface area contributed by atoms with Gasteiger partial charge in [0.1, 0.15) is 0 Å². The number of hydrogen-bond acceptors (Lipinski definition) is 2. The number of aromatic nitrogens is 1. The molecule has 0 spiro atoms. The summed E-state index contributed by atoms with van der Waals surface area (Å²) in [6, 6.07) is 3.24. The fourth-order valence-electron chi connectivity index (χ4n) is 1.21. The van der Waals surface area contributed by atoms with Crippen LogP contribution in [0.25, 0.3) is 0 Å². The maximum absolute atomic E-state index is 10.9. The number of nitrogens with one attached hydrogen (secondary N) is 1. The fourth-order valence-corrected chi connectivity index (χ4v) is 1.21. The maximum atomic E-state index is 10.9. The van der Waals surface area contributed by atoms with Crippen LogP contribution in [0.5, 0.6) is 0 Å². The van der Waals surface area contributed by atoms with Gasteiger partial charge in [0, 0.05) is 18.2 Å². The van der Waals surface area contributed by atoms with Crippen molar-refractivity contribution in [3.8, 4) is 0 Å². The monoisotopic (exact) mass is 148 g/mol. The molecule has 1 aromatic heterocycles. The predicted molar refractivity (Wildman–Crippen MR) is 43.6 cm³/mol. The van der Waals surface area contributed by atoms with Crippen molar-refractivity contribution in [3.63, 3.8) is 0 Å². The number of rotatable bonds is 0. The van der Waals surface area contributed by atoms with Crippen molar-refractivity contribution in [1.29, 1.82) is 0 Å². The smallest absolute Gasteiger partial charge is 0.248 e. The number of nitrogens with zero attached hydrogens (tertiary/aromatic N) is 1. The van der Waals surface area contributed by atoms with Crippen molar-refractivity contribution in [2.24, 2.45) is 4.99 Å². The summed E-state index contributed by atoms with van der Waals surface area (Å²) in [7, 11) is 0. The second kappa shape index (κ2) is 2.05. The summed E-state index contributed by atoms with van der Waals surface area (Å²) in [6.45, 7) is 2.01. The molecular formula is C8H8N2O. The molecule has 0 aromatic carbocycles. The molecule has 1 N–H and O–H groups in total. The molecule has 1 aliphatic rings. The van der Waals surface area contributed by atoms with Crippen LogP contribution in [0.3, 0.4) is 0 Å². The molecule has 11 heavy (non-hydrogen) atoms. The summed E-state index contributed by atoms with van der Waals surface area (Å²) in [5, 5.41) is 0. The van der Waals surface area contributed by atoms with E-state index in [-0.39, 0.29) is 11.5 Å². The van der Waals surface area contributed by atoms with Gasteiger partial charge in [-0.1, -0.05) is 6.92 Å². The Morgan fingerprint density at radius 1 is 1.55 bits per heavy atom. The van der Waals surface area contributed by atoms with Crippen LogP contribution in [0.2, 0.25) is 0 Å². The highest BCUT2D eigenvalue weighted by Crippen LogP contribution is 2.27. The lowest BCUT2D eigenvalue weighted by molar-refractivity contribution is 0.979. The van der Waals surface area contributed by atoms with Gasteiger partial charge in [-0.15, -0.1) is 0 Å². The van der Waals surface area contributed by atoms with E-state index in [4.69, 9.17) is 0 Å². The largest absolute Gasteiger partial charge is 0.323 e. The third-order valence-corrected chi connectivity index (χ3v) is 1.82. The third-order valence-electron chi connectivity index (χ3n) is 1.82. The first-order chi connectivity index (χ1) is 5.27. The van der Waals surface area contributed by atoms with E-state index in [1.807, 2.05) is 13.1 Å². The Morgan fingerprint density at radius 2 is 2.36 bits per heavy atom. The first-order valence-electron chi connectivity index (χ1n) is 3.55. The number of fused-ring (bicyclic) bond motifs is 1. The second-order valence-electron chi connectivity index (χ2n) is 2.69. The summed E-state index contributed by atoms with van der Waals surface area (Å²) in [6.07, 6.45) is 1.83. The van der Waals surface area contributed by atoms with Crippen molar-refractivity contribution in [1.82, 2.24) is 4.98 Å². The molecule has 3 heteroatoms. The van der Waals surface area contributed by atoms with Gasteiger partial charge in [-0.05, 0) is 6.07 Å². The lowest BCUT2D eigenvalue weighted by atomic mass is 10.1. The Morgan fingerprint density at radius 3 is 3.18 bits per heavy atom. The molecule has 0 saturated heterocycles. The van der Waals surface area contributed by atoms with Gasteiger partial charge in [0.15, 0.2) is 0 Å². The molecule has 1 unspecified atom stereocenters. The highest BCUT2D eigenvalue weighted by atomic mass is 16.1. The molecule has 0 radical (unpaired) electrons. The van der Waals surface area contributed by atoms with E-state index in [0.717, 1.165) is 11.4 Å². The zero-order valence-electron chi connectivity index (χ0n) is 6.16. The van der Waals surface area contributed by atoms with E-state index in [1.165, 1.54) is 6.07 Å². The minimum absolute atomic E-state index is 0.0545. The Bertz CT molecular complexity index is 365. The van der Waals surface area contributed by atoms with Gasteiger partial charge in [-0.3, -0.25) is 9.79 Å². The quantitative estimate of drug-likeness (QED) is 0.590. The lowest BCUT2D eigenvalue weighted by Gasteiger charge is -1.99. The average Bonchev–Trinajstić information content (AvgIpc) is 2.33. The van der Waals surface area contributed by atoms with Crippen LogP contribution in [0.15, 0.2) is 21.9 Å². The molecule has 2 heterocycles. The van der Waals surface area contributed by atoms with Crippen molar-refractivity contribution in [2.75, 3.05) is 0 Å². The van der Waals surface area contributed by atoms with Crippen molar-refractivity contribution in [2.45, 2.75) is 12.8 Å². The number of H-pyrrole nitrogens is 1. The van der Waals surface area contributed by atoms with Crippen LogP contribution in [-0.2, 0) is 0 Å². The van der Waals surface area contributed by atoms with Gasteiger partial charge in [0.25, 0.3) is 0 Å². The van der Waals surface area contributed by atoms with E-state index in [1.54, 1.807) is 6.07 Å². The molecule has 0 bridgehead atoms. The minimum atomic E-state index is -0.0545. The second-order valence-corrected chi connectivity index (χ2v) is 2.69. The standard InChI is InChI=1S/C8H8N2O/c1-5-4-9-6-2-3-7(11)10-8(5)6/h2-5H,1H3,(H,10,11). The van der Waals surface area contributed by atoms with E-state index in [0.29, 0.717) is 0 Å². The summed E-state index contributed by atoms with van der Waals surface area (Å²) in [5.74, 6) is 0.249. The van der Waals surface area contributed by atoms with Crippen molar-refractivity contribution < 1.29 is 0 Å². The number of aliphatic imine (C=N–C) groups is 1. The maximum Gasteiger partial charge on any atom is 0.248 e. The zero-order valence-corrected chi connectivity index (χ0v) is 6.16. The molecule has 3 nitrogen and oxygen atoms in total. The highest BCUT2D eigenvalue weighted by Gasteiger charge is 2.13. The van der Waals surface area contributed by atoms with Gasteiger partial charge >= 0.3 is 0 Å². The number of pyridine rings is 1. The van der Waals surface area contributed by atoms with Gasteiger partial charge in [0.2, 0.25) is 5.56 Å². The van der Waals surface area contributed by atoms with Crippen LogP contribution < -0.4 is 5.56 Å². The lowest BCUT2D eigenvalue weighted by Crippen LogP contribution is -2.06. The Balaban J connectivity index is 2.67. The van der Waals surface area contributed by atoms with Crippen LogP contribution in [0.4, 0.5) is 5.69 Å². The normalized spacial score (nSPS) is 20.3. The minimum Gasteiger partial charge on any atom is -0.323 e. The highest BCUT2D eigenvalue weighted by molar-refractivity contribution is 5.78. The van der Waals surface area contributed by atoms with E-state index in [9.17, 15) is 4.79 Å². The summed E-state index contributed by atoms with van der Waals surface area (Å²) in [5.41, 5.74) is 1.76. The van der Waals surface area contributed by atoms with Crippen LogP contribution in [0.1, 0.15) is 18.5 Å². The summed E-state index contributed by atoms with van der Waals surface area (Å²) < 4.78 is 0. The van der Waals surface area contributed by atoms with Gasteiger partial charge in [-0.25, -0.2) is 0 Å². The van der Waals surface area contributed by atoms with Crippen LogP contribution >= 0.6 is 0 Å². The van der Waals surface area contributed by atoms with Gasteiger partial charge in [-0.2, -0.15) is 0 Å². The molecule has 1 aromatic rings. The number of aromatic amines is 1. The van der Waals surface area contributed by atoms with E-state index in [2.05, 4.69) is 9.98 Å². The molecule has 0 amide bonds. The molecule has 2 rings (SSSR count). The Kier molecular flexibility index (Phi) is 1.18. The SMILES string of the molecule is CC1C=Nc2ccc(=O)[nH]c21. The van der Waals surface area contributed by atoms with Crippen LogP contribution in [0, 0.1) is 0 Å². The molecule has 0 aliphatic carbocycles. The summed E-state index contributed by atoms with van der Waals surface area (Å²) >= 11 is 0. The van der Waals surface area contributed by atoms with Gasteiger partial charge in [0.05, 0.1) is 11.4 Å². The average molecular weight is 148 g/mol. The van der Waals surface area contributed by atoms with Crippen LogP contribution in [-0.4, -0.2) is 11.2 Å². The zero-order chi connectivity index (χ0) is 7.84. The predicted octanol–water partition coefficient (Wildman–Crippen LogP) is 1.19. The molecule has 0 fully saturated rings. The topological polar surface area (TPSA) is 45.2 Å². The molecule has 1 atom stereocenters. The fraction of sp³-hybridized carbons (Fsp3) is 0.250. The first kappa shape index (κ1) is 6.34. The van der Waals surface area contributed by atoms with Crippen molar-refractivity contribution >= 4 is 11.9 Å². The molecule has 0 saturated carbocycles. The molecular weight excluding hydrogens is 140 g/mol. The Hall–Kier alpha value is -1.38. The van der Waals surface area contributed by atoms with E-state index >= 15 is 0 Å². The first-order valence-corrected chi connectivity index (χ1v) is 3.55. The number of hydrogen-bond donors (Lipinski definition) is 1. The van der Waals surface area contributed by atoms with Gasteiger partial charge < -0.3 is 4.98 Å².